The normalized spacial score (nSPS) is 25.6. The van der Waals surface area contributed by atoms with Crippen LogP contribution in [-0.4, -0.2) is 41.8 Å². The van der Waals surface area contributed by atoms with Gasteiger partial charge < -0.3 is 20.0 Å². The number of nitrogens with two attached hydrogens (primary N) is 1. The first kappa shape index (κ1) is 22.6. The Hall–Kier alpha value is -1.73. The summed E-state index contributed by atoms with van der Waals surface area (Å²) in [6, 6.07) is 3.73. The molecule has 0 radical (unpaired) electrons. The summed E-state index contributed by atoms with van der Waals surface area (Å²) in [5, 5.41) is 19.8. The van der Waals surface area contributed by atoms with Gasteiger partial charge in [0, 0.05) is 6.20 Å². The van der Waals surface area contributed by atoms with Crippen LogP contribution in [0.2, 0.25) is 16.6 Å². The van der Waals surface area contributed by atoms with Crippen LogP contribution in [0.4, 0.5) is 5.82 Å². The number of aromatic nitrogens is 2. The lowest BCUT2D eigenvalue weighted by atomic mass is 10.0. The van der Waals surface area contributed by atoms with Crippen LogP contribution >= 0.6 is 0 Å². The first-order valence-electron chi connectivity index (χ1n) is 9.78. The Balaban J connectivity index is 2.48. The van der Waals surface area contributed by atoms with E-state index in [1.807, 2.05) is 0 Å². The van der Waals surface area contributed by atoms with Crippen LogP contribution in [0.1, 0.15) is 47.8 Å². The fraction of sp³-hybridized carbons (Fsp3) is 0.737. The number of nitrogens with zero attached hydrogens (tertiary/aromatic N) is 3. The van der Waals surface area contributed by atoms with Gasteiger partial charge in [-0.05, 0) is 22.7 Å². The minimum absolute atomic E-state index is 0.102. The molecule has 1 saturated heterocycles. The molecule has 4 atom stereocenters. The lowest BCUT2D eigenvalue weighted by molar-refractivity contribution is -0.0455. The van der Waals surface area contributed by atoms with E-state index < -0.39 is 38.4 Å². The van der Waals surface area contributed by atoms with Crippen LogP contribution in [-0.2, 0) is 9.16 Å². The molecule has 3 N–H and O–H groups in total. The van der Waals surface area contributed by atoms with Crippen molar-refractivity contribution in [3.8, 4) is 6.07 Å². The molecule has 0 aliphatic carbocycles. The fourth-order valence-electron chi connectivity index (χ4n) is 4.67. The largest absolute Gasteiger partial charge is 0.409 e. The van der Waals surface area contributed by atoms with Gasteiger partial charge in [-0.25, -0.2) is 4.79 Å². The number of anilines is 1. The Morgan fingerprint density at radius 3 is 2.32 bits per heavy atom. The third-order valence-electron chi connectivity index (χ3n) is 5.84. The van der Waals surface area contributed by atoms with E-state index in [4.69, 9.17) is 14.9 Å². The van der Waals surface area contributed by atoms with E-state index in [0.717, 1.165) is 0 Å². The maximum Gasteiger partial charge on any atom is 0.351 e. The van der Waals surface area contributed by atoms with Gasteiger partial charge >= 0.3 is 5.69 Å². The number of aliphatic hydroxyl groups is 1. The number of hydrogen-bond donors (Lipinski definition) is 2. The zero-order valence-corrected chi connectivity index (χ0v) is 18.5. The molecular formula is C19H32N4O4Si. The summed E-state index contributed by atoms with van der Waals surface area (Å²) >= 11 is 0. The Morgan fingerprint density at radius 1 is 1.32 bits per heavy atom. The van der Waals surface area contributed by atoms with Crippen LogP contribution in [0.15, 0.2) is 17.1 Å². The Bertz CT molecular complexity index is 752. The molecule has 2 rings (SSSR count). The average Bonchev–Trinajstić information content (AvgIpc) is 2.95. The van der Waals surface area contributed by atoms with Crippen molar-refractivity contribution in [1.82, 2.24) is 9.55 Å². The molecule has 1 fully saturated rings. The van der Waals surface area contributed by atoms with Crippen LogP contribution in [0, 0.1) is 17.2 Å². The monoisotopic (exact) mass is 408 g/mol. The molecule has 28 heavy (non-hydrogen) atoms. The highest BCUT2D eigenvalue weighted by molar-refractivity contribution is 6.77. The van der Waals surface area contributed by atoms with Crippen LogP contribution in [0.5, 0.6) is 0 Å². The van der Waals surface area contributed by atoms with E-state index in [-0.39, 0.29) is 12.4 Å². The lowest BCUT2D eigenvalue weighted by Crippen LogP contribution is -2.53. The SMILES string of the molecule is CC(C)[Si](O[C@H]1[C@H](C#N)[C@H](n2ccc(N)nc2=O)O[C@@H]1CO)(C(C)C)C(C)C. The van der Waals surface area contributed by atoms with Gasteiger partial charge in [-0.3, -0.25) is 4.57 Å². The first-order chi connectivity index (χ1) is 13.1. The topological polar surface area (TPSA) is 123 Å². The summed E-state index contributed by atoms with van der Waals surface area (Å²) in [6.07, 6.45) is -0.731. The van der Waals surface area contributed by atoms with Gasteiger partial charge in [0.25, 0.3) is 0 Å². The summed E-state index contributed by atoms with van der Waals surface area (Å²) in [6.45, 7) is 12.6. The summed E-state index contributed by atoms with van der Waals surface area (Å²) in [5.74, 6) is -0.645. The number of aliphatic hydroxyl groups excluding tert-OH is 1. The average molecular weight is 409 g/mol. The van der Waals surface area contributed by atoms with Crippen molar-refractivity contribution in [1.29, 1.82) is 5.26 Å². The molecular weight excluding hydrogens is 376 g/mol. The standard InChI is InChI=1S/C19H32N4O4Si/c1-11(2)28(12(3)4,13(5)6)27-17-14(9-20)18(26-15(17)10-24)23-8-7-16(21)22-19(23)25/h7-8,11-15,17-18,24H,10H2,1-6H3,(H2,21,22,25)/t14-,15+,17-,18+/m0/s1. The molecule has 0 amide bonds. The lowest BCUT2D eigenvalue weighted by Gasteiger charge is -2.45. The highest BCUT2D eigenvalue weighted by atomic mass is 28.4. The quantitative estimate of drug-likeness (QED) is 0.664. The van der Waals surface area contributed by atoms with E-state index in [1.165, 1.54) is 16.8 Å². The molecule has 0 saturated carbocycles. The summed E-state index contributed by atoms with van der Waals surface area (Å²) in [5.41, 5.74) is 5.91. The molecule has 1 aliphatic rings. The Labute approximate surface area is 167 Å². The molecule has 1 aromatic heterocycles. The second kappa shape index (κ2) is 8.74. The van der Waals surface area contributed by atoms with Crippen molar-refractivity contribution in [2.24, 2.45) is 5.92 Å². The summed E-state index contributed by atoms with van der Waals surface area (Å²) in [7, 11) is -2.33. The zero-order valence-electron chi connectivity index (χ0n) is 17.5. The number of rotatable bonds is 7. The minimum Gasteiger partial charge on any atom is -0.409 e. The van der Waals surface area contributed by atoms with Gasteiger partial charge in [-0.1, -0.05) is 41.5 Å². The summed E-state index contributed by atoms with van der Waals surface area (Å²) in [4.78, 5) is 16.0. The van der Waals surface area contributed by atoms with Crippen molar-refractivity contribution >= 4 is 14.1 Å². The molecule has 9 heteroatoms. The van der Waals surface area contributed by atoms with Gasteiger partial charge in [0.15, 0.2) is 6.23 Å². The maximum absolute atomic E-state index is 12.3. The van der Waals surface area contributed by atoms with Crippen LogP contribution in [0.25, 0.3) is 0 Å². The van der Waals surface area contributed by atoms with E-state index in [1.54, 1.807) is 0 Å². The van der Waals surface area contributed by atoms with Gasteiger partial charge in [0.1, 0.15) is 17.8 Å². The van der Waals surface area contributed by atoms with Crippen molar-refractivity contribution < 1.29 is 14.3 Å². The molecule has 8 nitrogen and oxygen atoms in total. The predicted octanol–water partition coefficient (Wildman–Crippen LogP) is 2.42. The van der Waals surface area contributed by atoms with Crippen molar-refractivity contribution in [2.75, 3.05) is 12.3 Å². The molecule has 0 spiro atoms. The molecule has 2 heterocycles. The van der Waals surface area contributed by atoms with Gasteiger partial charge in [-0.15, -0.1) is 0 Å². The van der Waals surface area contributed by atoms with Crippen molar-refractivity contribution in [2.45, 2.75) is 76.6 Å². The van der Waals surface area contributed by atoms with Crippen molar-refractivity contribution in [3.05, 3.63) is 22.7 Å². The molecule has 1 aromatic rings. The third kappa shape index (κ3) is 3.87. The number of nitriles is 1. The summed E-state index contributed by atoms with van der Waals surface area (Å²) < 4.78 is 14.0. The number of nitrogen functional groups attached to an aromatic ring is 1. The smallest absolute Gasteiger partial charge is 0.351 e. The second-order valence-corrected chi connectivity index (χ2v) is 13.8. The van der Waals surface area contributed by atoms with E-state index in [2.05, 4.69) is 52.6 Å². The zero-order chi connectivity index (χ0) is 21.2. The molecule has 156 valence electrons. The first-order valence-corrected chi connectivity index (χ1v) is 11.9. The van der Waals surface area contributed by atoms with Crippen LogP contribution in [0.3, 0.4) is 0 Å². The van der Waals surface area contributed by atoms with E-state index in [9.17, 15) is 15.2 Å². The number of ether oxygens (including phenoxy) is 1. The maximum atomic E-state index is 12.3. The predicted molar refractivity (Wildman–Crippen MR) is 109 cm³/mol. The highest BCUT2D eigenvalue weighted by Crippen LogP contribution is 2.47. The second-order valence-electron chi connectivity index (χ2n) is 8.34. The van der Waals surface area contributed by atoms with Gasteiger partial charge in [0.2, 0.25) is 8.32 Å². The van der Waals surface area contributed by atoms with Gasteiger partial charge in [0.05, 0.1) is 18.8 Å². The third-order valence-corrected chi connectivity index (χ3v) is 11.9. The molecule has 0 unspecified atom stereocenters. The Kier molecular flexibility index (Phi) is 7.04. The molecule has 1 aliphatic heterocycles. The highest BCUT2D eigenvalue weighted by Gasteiger charge is 2.54. The molecule has 0 aromatic carbocycles. The Morgan fingerprint density at radius 2 is 1.89 bits per heavy atom. The van der Waals surface area contributed by atoms with E-state index >= 15 is 0 Å². The van der Waals surface area contributed by atoms with Crippen molar-refractivity contribution in [3.63, 3.8) is 0 Å². The number of hydrogen-bond acceptors (Lipinski definition) is 7. The minimum atomic E-state index is -2.33. The molecule has 0 bridgehead atoms. The van der Waals surface area contributed by atoms with Crippen LogP contribution < -0.4 is 11.4 Å². The van der Waals surface area contributed by atoms with Gasteiger partial charge in [-0.2, -0.15) is 10.2 Å². The van der Waals surface area contributed by atoms with E-state index in [0.29, 0.717) is 16.6 Å². The fourth-order valence-corrected chi connectivity index (χ4v) is 10.3.